The molecule has 1 aliphatic heterocycles. The Morgan fingerprint density at radius 2 is 1.76 bits per heavy atom. The van der Waals surface area contributed by atoms with Crippen LogP contribution in [0.5, 0.6) is 0 Å². The lowest BCUT2D eigenvalue weighted by molar-refractivity contribution is -0.113. The molecule has 0 unspecified atom stereocenters. The number of rotatable bonds is 3. The fourth-order valence-electron chi connectivity index (χ4n) is 2.67. The van der Waals surface area contributed by atoms with Crippen molar-refractivity contribution in [2.75, 3.05) is 23.9 Å². The van der Waals surface area contributed by atoms with Gasteiger partial charge in [-0.25, -0.2) is 0 Å². The largest absolute Gasteiger partial charge is 0.378 e. The standard InChI is InChI=1S/C20H20N2OS2/c1-13-6-5-7-17(14(13)2)22-19(23)18(25-20(22)24)12-15-8-10-16(11-9-15)21(3)4/h5-12H,1-4H3/b18-12-. The van der Waals surface area contributed by atoms with Crippen molar-refractivity contribution < 1.29 is 4.79 Å². The van der Waals surface area contributed by atoms with Gasteiger partial charge in [0.15, 0.2) is 4.32 Å². The molecule has 0 aliphatic carbocycles. The molecule has 5 heteroatoms. The number of thioether (sulfide) groups is 1. The number of hydrogen-bond donors (Lipinski definition) is 0. The molecule has 1 saturated heterocycles. The molecule has 0 bridgehead atoms. The van der Waals surface area contributed by atoms with Crippen molar-refractivity contribution in [3.63, 3.8) is 0 Å². The number of anilines is 2. The predicted octanol–water partition coefficient (Wildman–Crippen LogP) is 4.78. The van der Waals surface area contributed by atoms with E-state index in [9.17, 15) is 4.79 Å². The summed E-state index contributed by atoms with van der Waals surface area (Å²) in [5, 5.41) is 0. The summed E-state index contributed by atoms with van der Waals surface area (Å²) in [6.45, 7) is 4.06. The van der Waals surface area contributed by atoms with Crippen LogP contribution in [0.4, 0.5) is 11.4 Å². The Morgan fingerprint density at radius 1 is 1.08 bits per heavy atom. The monoisotopic (exact) mass is 368 g/mol. The molecule has 0 radical (unpaired) electrons. The van der Waals surface area contributed by atoms with Gasteiger partial charge in [0, 0.05) is 19.8 Å². The van der Waals surface area contributed by atoms with Crippen molar-refractivity contribution in [3.05, 3.63) is 64.1 Å². The van der Waals surface area contributed by atoms with Gasteiger partial charge in [0.2, 0.25) is 0 Å². The molecule has 2 aromatic carbocycles. The van der Waals surface area contributed by atoms with Crippen LogP contribution < -0.4 is 9.80 Å². The first-order chi connectivity index (χ1) is 11.9. The molecule has 0 N–H and O–H groups in total. The highest BCUT2D eigenvalue weighted by atomic mass is 32.2. The number of aryl methyl sites for hydroxylation is 1. The van der Waals surface area contributed by atoms with E-state index in [-0.39, 0.29) is 5.91 Å². The van der Waals surface area contributed by atoms with E-state index in [1.807, 2.05) is 81.4 Å². The third kappa shape index (κ3) is 3.48. The van der Waals surface area contributed by atoms with E-state index in [1.165, 1.54) is 11.8 Å². The lowest BCUT2D eigenvalue weighted by Crippen LogP contribution is -2.28. The molecule has 3 rings (SSSR count). The Bertz CT molecular complexity index is 870. The number of thiocarbonyl (C=S) groups is 1. The van der Waals surface area contributed by atoms with Gasteiger partial charge in [-0.05, 0) is 54.8 Å². The highest BCUT2D eigenvalue weighted by molar-refractivity contribution is 8.27. The van der Waals surface area contributed by atoms with Crippen LogP contribution in [0.15, 0.2) is 47.4 Å². The Hall–Kier alpha value is -2.11. The summed E-state index contributed by atoms with van der Waals surface area (Å²) in [7, 11) is 4.01. The average Bonchev–Trinajstić information content (AvgIpc) is 2.85. The van der Waals surface area contributed by atoms with Crippen LogP contribution in [0.25, 0.3) is 6.08 Å². The first-order valence-corrected chi connectivity index (χ1v) is 9.22. The van der Waals surface area contributed by atoms with Crippen molar-refractivity contribution in [2.24, 2.45) is 0 Å². The van der Waals surface area contributed by atoms with E-state index in [2.05, 4.69) is 0 Å². The highest BCUT2D eigenvalue weighted by Gasteiger charge is 2.34. The van der Waals surface area contributed by atoms with E-state index >= 15 is 0 Å². The van der Waals surface area contributed by atoms with E-state index in [0.29, 0.717) is 9.23 Å². The van der Waals surface area contributed by atoms with Crippen molar-refractivity contribution in [1.29, 1.82) is 0 Å². The van der Waals surface area contributed by atoms with Gasteiger partial charge in [0.1, 0.15) is 0 Å². The van der Waals surface area contributed by atoms with E-state index in [1.54, 1.807) is 4.90 Å². The van der Waals surface area contributed by atoms with Gasteiger partial charge < -0.3 is 4.90 Å². The second-order valence-corrected chi connectivity index (χ2v) is 7.90. The number of benzene rings is 2. The number of hydrogen-bond acceptors (Lipinski definition) is 4. The Labute approximate surface area is 158 Å². The molecular weight excluding hydrogens is 348 g/mol. The SMILES string of the molecule is Cc1cccc(N2C(=O)/C(=C/c3ccc(N(C)C)cc3)SC2=S)c1C. The minimum absolute atomic E-state index is 0.0552. The Balaban J connectivity index is 1.92. The van der Waals surface area contributed by atoms with Crippen molar-refractivity contribution in [1.82, 2.24) is 0 Å². The third-order valence-corrected chi connectivity index (χ3v) is 5.62. The van der Waals surface area contributed by atoms with E-state index in [4.69, 9.17) is 12.2 Å². The van der Waals surface area contributed by atoms with Crippen LogP contribution in [0.2, 0.25) is 0 Å². The summed E-state index contributed by atoms with van der Waals surface area (Å²) in [6.07, 6.45) is 1.91. The topological polar surface area (TPSA) is 23.6 Å². The minimum atomic E-state index is -0.0552. The van der Waals surface area contributed by atoms with E-state index in [0.717, 1.165) is 28.1 Å². The number of amides is 1. The Kier molecular flexibility index (Phi) is 4.97. The lowest BCUT2D eigenvalue weighted by Gasteiger charge is -2.18. The summed E-state index contributed by atoms with van der Waals surface area (Å²) in [5.41, 5.74) is 5.21. The molecule has 0 atom stereocenters. The summed E-state index contributed by atoms with van der Waals surface area (Å²) in [4.78, 5) is 17.2. The molecule has 1 aliphatic rings. The van der Waals surface area contributed by atoms with Gasteiger partial charge in [-0.1, -0.05) is 48.2 Å². The number of nitrogens with zero attached hydrogens (tertiary/aromatic N) is 2. The highest BCUT2D eigenvalue weighted by Crippen LogP contribution is 2.37. The zero-order valence-electron chi connectivity index (χ0n) is 14.7. The van der Waals surface area contributed by atoms with Crippen LogP contribution in [-0.4, -0.2) is 24.3 Å². The maximum Gasteiger partial charge on any atom is 0.270 e. The lowest BCUT2D eigenvalue weighted by atomic mass is 10.1. The molecule has 1 fully saturated rings. The second-order valence-electron chi connectivity index (χ2n) is 6.22. The van der Waals surface area contributed by atoms with Gasteiger partial charge in [-0.2, -0.15) is 0 Å². The fraction of sp³-hybridized carbons (Fsp3) is 0.200. The molecular formula is C20H20N2OS2. The summed E-state index contributed by atoms with van der Waals surface area (Å²) in [5.74, 6) is -0.0552. The Morgan fingerprint density at radius 3 is 2.40 bits per heavy atom. The first kappa shape index (κ1) is 17.7. The maximum absolute atomic E-state index is 12.9. The summed E-state index contributed by atoms with van der Waals surface area (Å²) >= 11 is 6.83. The normalized spacial score (nSPS) is 16.0. The maximum atomic E-state index is 12.9. The summed E-state index contributed by atoms with van der Waals surface area (Å²) < 4.78 is 0.579. The van der Waals surface area contributed by atoms with Crippen molar-refractivity contribution in [2.45, 2.75) is 13.8 Å². The average molecular weight is 369 g/mol. The van der Waals surface area contributed by atoms with Crippen molar-refractivity contribution >= 4 is 51.7 Å². The smallest absolute Gasteiger partial charge is 0.270 e. The van der Waals surface area contributed by atoms with Crippen LogP contribution in [-0.2, 0) is 4.79 Å². The molecule has 25 heavy (non-hydrogen) atoms. The fourth-order valence-corrected chi connectivity index (χ4v) is 3.96. The van der Waals surface area contributed by atoms with Crippen LogP contribution in [0, 0.1) is 13.8 Å². The van der Waals surface area contributed by atoms with Gasteiger partial charge in [0.25, 0.3) is 5.91 Å². The predicted molar refractivity (Wildman–Crippen MR) is 112 cm³/mol. The number of carbonyl (C=O) groups is 1. The quantitative estimate of drug-likeness (QED) is 0.575. The molecule has 0 aromatic heterocycles. The molecule has 128 valence electrons. The van der Waals surface area contributed by atoms with Gasteiger partial charge in [-0.15, -0.1) is 0 Å². The molecule has 1 amide bonds. The molecule has 0 saturated carbocycles. The first-order valence-electron chi connectivity index (χ1n) is 8.00. The van der Waals surface area contributed by atoms with Crippen LogP contribution >= 0.6 is 24.0 Å². The van der Waals surface area contributed by atoms with Gasteiger partial charge >= 0.3 is 0 Å². The van der Waals surface area contributed by atoms with Crippen molar-refractivity contribution in [3.8, 4) is 0 Å². The zero-order valence-corrected chi connectivity index (χ0v) is 16.4. The molecule has 2 aromatic rings. The molecule has 3 nitrogen and oxygen atoms in total. The van der Waals surface area contributed by atoms with E-state index < -0.39 is 0 Å². The minimum Gasteiger partial charge on any atom is -0.378 e. The van der Waals surface area contributed by atoms with Crippen LogP contribution in [0.3, 0.4) is 0 Å². The van der Waals surface area contributed by atoms with Gasteiger partial charge in [-0.3, -0.25) is 9.69 Å². The van der Waals surface area contributed by atoms with Gasteiger partial charge in [0.05, 0.1) is 10.6 Å². The number of carbonyl (C=O) groups excluding carboxylic acids is 1. The third-order valence-electron chi connectivity index (χ3n) is 4.32. The second kappa shape index (κ2) is 7.02. The zero-order chi connectivity index (χ0) is 18.1. The summed E-state index contributed by atoms with van der Waals surface area (Å²) in [6, 6.07) is 14.1. The molecule has 1 heterocycles. The van der Waals surface area contributed by atoms with Crippen LogP contribution in [0.1, 0.15) is 16.7 Å². The molecule has 0 spiro atoms.